The molecule has 0 radical (unpaired) electrons. The lowest BCUT2D eigenvalue weighted by Gasteiger charge is -2.23. The van der Waals surface area contributed by atoms with Crippen molar-refractivity contribution in [3.63, 3.8) is 0 Å². The second kappa shape index (κ2) is 6.49. The number of carboxylic acids is 1. The van der Waals surface area contributed by atoms with Crippen LogP contribution in [-0.4, -0.2) is 31.4 Å². The average Bonchev–Trinajstić information content (AvgIpc) is 2.32. The minimum Gasteiger partial charge on any atom is -0.496 e. The topological polar surface area (TPSA) is 55.8 Å². The molecule has 0 aliphatic heterocycles. The maximum atomic E-state index is 14.3. The van der Waals surface area contributed by atoms with Gasteiger partial charge in [-0.15, -0.1) is 0 Å². The number of alkyl halides is 2. The molecule has 0 spiro atoms. The number of carboxylic acid groups (broad SMARTS) is 1. The van der Waals surface area contributed by atoms with Gasteiger partial charge in [-0.25, -0.2) is 4.79 Å². The molecule has 0 fully saturated rings. The van der Waals surface area contributed by atoms with E-state index in [1.54, 1.807) is 13.0 Å². The van der Waals surface area contributed by atoms with Crippen molar-refractivity contribution in [1.82, 2.24) is 0 Å². The standard InChI is InChI=1S/C13H15BrF2O4/c1-7-4-9(14)8(2)11(12(7)19-3)13(15,16)6-20-5-10(17)18/h4H,5-6H2,1-3H3,(H,17,18). The number of methoxy groups -OCH3 is 1. The molecule has 0 heterocycles. The molecule has 1 aromatic carbocycles. The molecule has 0 amide bonds. The highest BCUT2D eigenvalue weighted by molar-refractivity contribution is 9.10. The second-order valence-electron chi connectivity index (χ2n) is 4.30. The van der Waals surface area contributed by atoms with Crippen LogP contribution in [0, 0.1) is 13.8 Å². The van der Waals surface area contributed by atoms with Crippen LogP contribution in [0.1, 0.15) is 16.7 Å². The number of benzene rings is 1. The van der Waals surface area contributed by atoms with E-state index in [0.717, 1.165) is 0 Å². The van der Waals surface area contributed by atoms with Crippen LogP contribution in [0.5, 0.6) is 5.75 Å². The van der Waals surface area contributed by atoms with Gasteiger partial charge < -0.3 is 14.6 Å². The first-order valence-electron chi connectivity index (χ1n) is 5.72. The Hall–Kier alpha value is -1.21. The Balaban J connectivity index is 3.18. The zero-order valence-corrected chi connectivity index (χ0v) is 12.9. The summed E-state index contributed by atoms with van der Waals surface area (Å²) in [5.74, 6) is -4.57. The number of hydrogen-bond acceptors (Lipinski definition) is 3. The van der Waals surface area contributed by atoms with Gasteiger partial charge in [-0.2, -0.15) is 8.78 Å². The zero-order valence-electron chi connectivity index (χ0n) is 11.3. The molecule has 0 saturated heterocycles. The first-order valence-corrected chi connectivity index (χ1v) is 6.51. The van der Waals surface area contributed by atoms with E-state index in [1.807, 2.05) is 0 Å². The summed E-state index contributed by atoms with van der Waals surface area (Å²) in [7, 11) is 1.31. The summed E-state index contributed by atoms with van der Waals surface area (Å²) in [6.45, 7) is 1.39. The third kappa shape index (κ3) is 3.67. The molecule has 1 rings (SSSR count). The van der Waals surface area contributed by atoms with Gasteiger partial charge in [0, 0.05) is 4.47 Å². The van der Waals surface area contributed by atoms with E-state index in [4.69, 9.17) is 9.84 Å². The highest BCUT2D eigenvalue weighted by Gasteiger charge is 2.38. The molecule has 4 nitrogen and oxygen atoms in total. The van der Waals surface area contributed by atoms with Crippen LogP contribution in [0.3, 0.4) is 0 Å². The smallest absolute Gasteiger partial charge is 0.329 e. The third-order valence-corrected chi connectivity index (χ3v) is 3.56. The molecule has 1 aromatic rings. The molecule has 112 valence electrons. The van der Waals surface area contributed by atoms with E-state index >= 15 is 0 Å². The molecule has 1 N–H and O–H groups in total. The number of carbonyl (C=O) groups is 1. The summed E-state index contributed by atoms with van der Waals surface area (Å²) in [6.07, 6.45) is 0. The summed E-state index contributed by atoms with van der Waals surface area (Å²) < 4.78 is 38.6. The minimum absolute atomic E-state index is 0.0784. The van der Waals surface area contributed by atoms with Crippen molar-refractivity contribution in [2.75, 3.05) is 20.3 Å². The average molecular weight is 353 g/mol. The lowest BCUT2D eigenvalue weighted by Crippen LogP contribution is -2.25. The summed E-state index contributed by atoms with van der Waals surface area (Å²) in [5.41, 5.74) is 0.589. The highest BCUT2D eigenvalue weighted by atomic mass is 79.9. The van der Waals surface area contributed by atoms with Gasteiger partial charge in [0.15, 0.2) is 0 Å². The minimum atomic E-state index is -3.35. The molecule has 0 bridgehead atoms. The van der Waals surface area contributed by atoms with Crippen LogP contribution < -0.4 is 4.74 Å². The van der Waals surface area contributed by atoms with Crippen LogP contribution in [0.4, 0.5) is 8.78 Å². The van der Waals surface area contributed by atoms with E-state index in [9.17, 15) is 13.6 Å². The first kappa shape index (κ1) is 16.8. The van der Waals surface area contributed by atoms with Crippen LogP contribution in [0.25, 0.3) is 0 Å². The quantitative estimate of drug-likeness (QED) is 0.853. The molecule has 0 aliphatic carbocycles. The van der Waals surface area contributed by atoms with Crippen LogP contribution in [0.15, 0.2) is 10.5 Å². The normalized spacial score (nSPS) is 11.5. The van der Waals surface area contributed by atoms with Crippen molar-refractivity contribution in [3.8, 4) is 5.75 Å². The molecule has 0 aromatic heterocycles. The number of rotatable bonds is 6. The van der Waals surface area contributed by atoms with E-state index in [2.05, 4.69) is 20.7 Å². The number of aliphatic carboxylic acids is 1. The van der Waals surface area contributed by atoms with Crippen molar-refractivity contribution < 1.29 is 28.2 Å². The largest absolute Gasteiger partial charge is 0.496 e. The highest BCUT2D eigenvalue weighted by Crippen LogP contribution is 2.42. The van der Waals surface area contributed by atoms with Gasteiger partial charge in [0.05, 0.1) is 12.7 Å². The molecule has 20 heavy (non-hydrogen) atoms. The summed E-state index contributed by atoms with van der Waals surface area (Å²) in [5, 5.41) is 8.42. The van der Waals surface area contributed by atoms with Gasteiger partial charge in [0.1, 0.15) is 19.0 Å². The fourth-order valence-electron chi connectivity index (χ4n) is 1.89. The van der Waals surface area contributed by atoms with Crippen molar-refractivity contribution in [2.45, 2.75) is 19.8 Å². The van der Waals surface area contributed by atoms with Gasteiger partial charge in [-0.3, -0.25) is 0 Å². The summed E-state index contributed by atoms with van der Waals surface area (Å²) in [4.78, 5) is 10.3. The van der Waals surface area contributed by atoms with Crippen molar-refractivity contribution in [3.05, 3.63) is 27.2 Å². The number of halogens is 3. The molecule has 0 atom stereocenters. The Kier molecular flexibility index (Phi) is 5.47. The predicted octanol–water partition coefficient (Wildman–Crippen LogP) is 3.27. The molecule has 0 aliphatic rings. The lowest BCUT2D eigenvalue weighted by molar-refractivity contribution is -0.147. The molecule has 7 heteroatoms. The molecular weight excluding hydrogens is 338 g/mol. The number of ether oxygens (including phenoxy) is 2. The SMILES string of the molecule is COc1c(C)cc(Br)c(C)c1C(F)(F)COCC(=O)O. The Bertz CT molecular complexity index is 518. The van der Waals surface area contributed by atoms with Gasteiger partial charge >= 0.3 is 5.97 Å². The Morgan fingerprint density at radius 3 is 2.55 bits per heavy atom. The Labute approximate surface area is 123 Å². The van der Waals surface area contributed by atoms with Crippen molar-refractivity contribution in [1.29, 1.82) is 0 Å². The first-order chi connectivity index (χ1) is 9.20. The van der Waals surface area contributed by atoms with Crippen molar-refractivity contribution >= 4 is 21.9 Å². The summed E-state index contributed by atoms with van der Waals surface area (Å²) in [6, 6.07) is 1.69. The maximum absolute atomic E-state index is 14.3. The monoisotopic (exact) mass is 352 g/mol. The molecular formula is C13H15BrF2O4. The van der Waals surface area contributed by atoms with Crippen LogP contribution in [-0.2, 0) is 15.5 Å². The predicted molar refractivity (Wildman–Crippen MR) is 72.5 cm³/mol. The van der Waals surface area contributed by atoms with Gasteiger partial charge in [-0.1, -0.05) is 15.9 Å². The van der Waals surface area contributed by atoms with Gasteiger partial charge in [0.25, 0.3) is 5.92 Å². The summed E-state index contributed by atoms with van der Waals surface area (Å²) >= 11 is 3.22. The maximum Gasteiger partial charge on any atom is 0.329 e. The Morgan fingerprint density at radius 1 is 1.45 bits per heavy atom. The van der Waals surface area contributed by atoms with Gasteiger partial charge in [-0.05, 0) is 31.0 Å². The van der Waals surface area contributed by atoms with Crippen LogP contribution in [0.2, 0.25) is 0 Å². The van der Waals surface area contributed by atoms with Gasteiger partial charge in [0.2, 0.25) is 0 Å². The number of aryl methyl sites for hydroxylation is 1. The zero-order chi connectivity index (χ0) is 15.5. The second-order valence-corrected chi connectivity index (χ2v) is 5.15. The fraction of sp³-hybridized carbons (Fsp3) is 0.462. The number of hydrogen-bond donors (Lipinski definition) is 1. The molecule has 0 unspecified atom stereocenters. The molecule has 0 saturated carbocycles. The third-order valence-electron chi connectivity index (χ3n) is 2.74. The van der Waals surface area contributed by atoms with E-state index in [0.29, 0.717) is 15.6 Å². The van der Waals surface area contributed by atoms with E-state index in [1.165, 1.54) is 14.0 Å². The van der Waals surface area contributed by atoms with E-state index < -0.39 is 25.1 Å². The Morgan fingerprint density at radius 2 is 2.05 bits per heavy atom. The fourth-order valence-corrected chi connectivity index (χ4v) is 2.43. The van der Waals surface area contributed by atoms with Crippen molar-refractivity contribution in [2.24, 2.45) is 0 Å². The lowest BCUT2D eigenvalue weighted by atomic mass is 9.98. The van der Waals surface area contributed by atoms with E-state index in [-0.39, 0.29) is 11.3 Å². The van der Waals surface area contributed by atoms with Crippen LogP contribution >= 0.6 is 15.9 Å².